The highest BCUT2D eigenvalue weighted by Gasteiger charge is 2.40. The van der Waals surface area contributed by atoms with Gasteiger partial charge in [0.15, 0.2) is 6.23 Å². The summed E-state index contributed by atoms with van der Waals surface area (Å²) in [6, 6.07) is 0. The van der Waals surface area contributed by atoms with Gasteiger partial charge in [-0.1, -0.05) is 6.58 Å². The van der Waals surface area contributed by atoms with Crippen molar-refractivity contribution < 1.29 is 22.8 Å². The van der Waals surface area contributed by atoms with E-state index < -0.39 is 14.8 Å². The molecule has 0 heterocycles. The van der Waals surface area contributed by atoms with Crippen LogP contribution in [0.15, 0.2) is 12.7 Å². The van der Waals surface area contributed by atoms with Crippen LogP contribution >= 0.6 is 0 Å². The Bertz CT molecular complexity index is 195. The predicted octanol–water partition coefficient (Wildman–Crippen LogP) is -0.581. The van der Waals surface area contributed by atoms with E-state index in [9.17, 15) is 4.79 Å². The fourth-order valence-corrected chi connectivity index (χ4v) is 2.00. The van der Waals surface area contributed by atoms with Crippen molar-refractivity contribution in [3.63, 3.8) is 0 Å². The minimum absolute atomic E-state index is 0.0560. The van der Waals surface area contributed by atoms with E-state index in [-0.39, 0.29) is 13.0 Å². The van der Waals surface area contributed by atoms with E-state index in [0.717, 1.165) is 6.08 Å². The van der Waals surface area contributed by atoms with Gasteiger partial charge in [-0.05, 0) is 0 Å². The van der Waals surface area contributed by atoms with Crippen LogP contribution in [0, 0.1) is 0 Å². The zero-order chi connectivity index (χ0) is 11.0. The lowest BCUT2D eigenvalue weighted by molar-refractivity contribution is -0.137. The van der Waals surface area contributed by atoms with Crippen molar-refractivity contribution in [2.75, 3.05) is 27.2 Å². The Morgan fingerprint density at radius 1 is 1.50 bits per heavy atom. The molecule has 0 fully saturated rings. The van der Waals surface area contributed by atoms with Gasteiger partial charge in [-0.3, -0.25) is 0 Å². The molecule has 0 spiro atoms. The lowest BCUT2D eigenvalue weighted by Crippen LogP contribution is -2.50. The molecule has 0 aliphatic rings. The maximum absolute atomic E-state index is 10.8. The topological polar surface area (TPSA) is 80.0 Å². The average Bonchev–Trinajstić information content (AvgIpc) is 2.24. The van der Waals surface area contributed by atoms with Gasteiger partial charge < -0.3 is 23.7 Å². The fraction of sp³-hybridized carbons (Fsp3) is 0.571. The number of esters is 1. The first-order chi connectivity index (χ1) is 6.64. The minimum Gasteiger partial charge on any atom is -0.458 e. The van der Waals surface area contributed by atoms with Gasteiger partial charge in [0.2, 0.25) is 0 Å². The molecule has 0 amide bonds. The molecule has 2 N–H and O–H groups in total. The molecular formula is C7H15NO5Si. The molecule has 14 heavy (non-hydrogen) atoms. The first kappa shape index (κ1) is 13.3. The Kier molecular flexibility index (Phi) is 6.33. The summed E-state index contributed by atoms with van der Waals surface area (Å²) in [7, 11) is -0.119. The summed E-state index contributed by atoms with van der Waals surface area (Å²) in [6.07, 6.45) is 0.967. The summed E-state index contributed by atoms with van der Waals surface area (Å²) in [5.41, 5.74) is 5.20. The number of ether oxygens (including phenoxy) is 1. The SMILES string of the molecule is C=CC(=O)OC[Si](OC)(OC)OCN. The van der Waals surface area contributed by atoms with Crippen molar-refractivity contribution >= 4 is 14.8 Å². The first-order valence-corrected chi connectivity index (χ1v) is 5.81. The molecule has 0 aromatic carbocycles. The molecule has 0 aromatic heterocycles. The standard InChI is InChI=1S/C7H15NO5Si/c1-4-7(9)12-6-14(10-2,11-3)13-5-8/h4H,1,5-6,8H2,2-3H3. The third kappa shape index (κ3) is 3.98. The number of carbonyl (C=O) groups is 1. The summed E-state index contributed by atoms with van der Waals surface area (Å²) in [6.45, 7) is 3.20. The molecule has 0 aliphatic heterocycles. The Hall–Kier alpha value is -0.733. The Balaban J connectivity index is 4.19. The zero-order valence-corrected chi connectivity index (χ0v) is 9.32. The molecule has 0 saturated heterocycles. The van der Waals surface area contributed by atoms with Crippen molar-refractivity contribution in [1.29, 1.82) is 0 Å². The van der Waals surface area contributed by atoms with E-state index in [4.69, 9.17) is 23.7 Å². The van der Waals surface area contributed by atoms with Gasteiger partial charge in [-0.25, -0.2) is 4.79 Å². The smallest absolute Gasteiger partial charge is 0.458 e. The largest absolute Gasteiger partial charge is 0.541 e. The molecule has 0 unspecified atom stereocenters. The molecule has 0 radical (unpaired) electrons. The first-order valence-electron chi connectivity index (χ1n) is 3.87. The van der Waals surface area contributed by atoms with E-state index in [2.05, 4.69) is 6.58 Å². The third-order valence-corrected chi connectivity index (χ3v) is 3.83. The van der Waals surface area contributed by atoms with Gasteiger partial charge in [0.1, 0.15) is 0 Å². The number of carbonyl (C=O) groups excluding carboxylic acids is 1. The van der Waals surface area contributed by atoms with Gasteiger partial charge >= 0.3 is 14.8 Å². The lowest BCUT2D eigenvalue weighted by atomic mass is 10.7. The predicted molar refractivity (Wildman–Crippen MR) is 51.1 cm³/mol. The van der Waals surface area contributed by atoms with Crippen LogP contribution in [0.1, 0.15) is 0 Å². The Labute approximate surface area is 83.9 Å². The number of nitrogens with two attached hydrogens (primary N) is 1. The second-order valence-electron chi connectivity index (χ2n) is 2.21. The molecular weight excluding hydrogens is 206 g/mol. The average molecular weight is 221 g/mol. The van der Waals surface area contributed by atoms with Crippen molar-refractivity contribution in [2.24, 2.45) is 5.73 Å². The minimum atomic E-state index is -2.94. The van der Waals surface area contributed by atoms with Crippen LogP contribution in [0.25, 0.3) is 0 Å². The fourth-order valence-electron chi connectivity index (χ4n) is 0.706. The van der Waals surface area contributed by atoms with E-state index in [1.54, 1.807) is 0 Å². The van der Waals surface area contributed by atoms with Crippen molar-refractivity contribution in [1.82, 2.24) is 0 Å². The highest BCUT2D eigenvalue weighted by Crippen LogP contribution is 2.07. The molecule has 0 aromatic rings. The number of hydrogen-bond acceptors (Lipinski definition) is 6. The van der Waals surface area contributed by atoms with Crippen LogP contribution in [0.5, 0.6) is 0 Å². The summed E-state index contributed by atoms with van der Waals surface area (Å²) >= 11 is 0. The monoisotopic (exact) mass is 221 g/mol. The van der Waals surface area contributed by atoms with Crippen LogP contribution < -0.4 is 5.73 Å². The van der Waals surface area contributed by atoms with Crippen molar-refractivity contribution in [3.8, 4) is 0 Å². The van der Waals surface area contributed by atoms with Gasteiger partial charge in [-0.2, -0.15) is 0 Å². The van der Waals surface area contributed by atoms with Crippen LogP contribution in [0.4, 0.5) is 0 Å². The van der Waals surface area contributed by atoms with E-state index in [0.29, 0.717) is 0 Å². The highest BCUT2D eigenvalue weighted by atomic mass is 28.4. The number of rotatable bonds is 7. The van der Waals surface area contributed by atoms with Crippen LogP contribution in [-0.4, -0.2) is 42.0 Å². The lowest BCUT2D eigenvalue weighted by Gasteiger charge is -2.24. The van der Waals surface area contributed by atoms with Crippen LogP contribution in [0.3, 0.4) is 0 Å². The normalized spacial score (nSPS) is 11.1. The summed E-state index contributed by atoms with van der Waals surface area (Å²) in [4.78, 5) is 10.8. The summed E-state index contributed by atoms with van der Waals surface area (Å²) in [5.74, 6) is -0.559. The van der Waals surface area contributed by atoms with Crippen LogP contribution in [-0.2, 0) is 22.8 Å². The molecule has 0 atom stereocenters. The maximum Gasteiger partial charge on any atom is 0.541 e. The second kappa shape index (κ2) is 6.68. The van der Waals surface area contributed by atoms with Crippen molar-refractivity contribution in [2.45, 2.75) is 0 Å². The Morgan fingerprint density at radius 3 is 2.43 bits per heavy atom. The molecule has 0 bridgehead atoms. The second-order valence-corrected chi connectivity index (χ2v) is 4.97. The van der Waals surface area contributed by atoms with E-state index >= 15 is 0 Å². The van der Waals surface area contributed by atoms with Crippen molar-refractivity contribution in [3.05, 3.63) is 12.7 Å². The zero-order valence-electron chi connectivity index (χ0n) is 8.32. The molecule has 0 aliphatic carbocycles. The molecule has 7 heteroatoms. The maximum atomic E-state index is 10.8. The van der Waals surface area contributed by atoms with E-state index in [1.807, 2.05) is 0 Å². The molecule has 0 rings (SSSR count). The van der Waals surface area contributed by atoms with Gasteiger partial charge in [-0.15, -0.1) is 0 Å². The Morgan fingerprint density at radius 2 is 2.07 bits per heavy atom. The molecule has 0 saturated carbocycles. The highest BCUT2D eigenvalue weighted by molar-refractivity contribution is 6.60. The van der Waals surface area contributed by atoms with Gasteiger partial charge in [0, 0.05) is 20.3 Å². The van der Waals surface area contributed by atoms with E-state index in [1.165, 1.54) is 14.2 Å². The molecule has 6 nitrogen and oxygen atoms in total. The summed E-state index contributed by atoms with van der Waals surface area (Å²) < 4.78 is 19.9. The van der Waals surface area contributed by atoms with Gasteiger partial charge in [0.25, 0.3) is 0 Å². The summed E-state index contributed by atoms with van der Waals surface area (Å²) in [5, 5.41) is 0. The third-order valence-electron chi connectivity index (χ3n) is 1.48. The van der Waals surface area contributed by atoms with Gasteiger partial charge in [0.05, 0.1) is 6.73 Å². The quantitative estimate of drug-likeness (QED) is 0.268. The number of hydrogen-bond donors (Lipinski definition) is 1. The molecule has 82 valence electrons. The van der Waals surface area contributed by atoms with Crippen LogP contribution in [0.2, 0.25) is 0 Å².